The van der Waals surface area contributed by atoms with Crippen molar-refractivity contribution in [2.75, 3.05) is 45.7 Å². The smallest absolute Gasteiger partial charge is 0.322 e. The Morgan fingerprint density at radius 2 is 1.89 bits per heavy atom. The van der Waals surface area contributed by atoms with Crippen LogP contribution in [-0.4, -0.2) is 70.8 Å². The molecule has 1 aliphatic rings. The van der Waals surface area contributed by atoms with E-state index in [0.717, 1.165) is 0 Å². The normalized spacial score (nSPS) is 14.1. The standard InChI is InChI=1S/C25H25FN6O4S/c1-35-19-6-7-21(36-2)20(14-19)28-24(34)31-10-8-30(9-11-31)15-18-13-22(33)32-25(27-18)37-23(29-32)16-4-3-5-17(26)12-16/h3-7,12-14H,8-11,15H2,1-2H3,(H,28,34). The minimum atomic E-state index is -0.367. The lowest BCUT2D eigenvalue weighted by Gasteiger charge is -2.34. The van der Waals surface area contributed by atoms with Gasteiger partial charge in [0.05, 0.1) is 25.6 Å². The van der Waals surface area contributed by atoms with E-state index in [1.807, 2.05) is 0 Å². The lowest BCUT2D eigenvalue weighted by Crippen LogP contribution is -2.49. The van der Waals surface area contributed by atoms with E-state index < -0.39 is 0 Å². The van der Waals surface area contributed by atoms with Gasteiger partial charge in [-0.05, 0) is 24.3 Å². The molecule has 12 heteroatoms. The number of ether oxygens (including phenoxy) is 2. The van der Waals surface area contributed by atoms with Crippen LogP contribution in [0.15, 0.2) is 53.3 Å². The molecule has 0 aliphatic carbocycles. The van der Waals surface area contributed by atoms with Crippen LogP contribution in [0.5, 0.6) is 11.5 Å². The van der Waals surface area contributed by atoms with Crippen molar-refractivity contribution in [2.45, 2.75) is 6.54 Å². The van der Waals surface area contributed by atoms with Crippen molar-refractivity contribution in [3.05, 3.63) is 70.4 Å². The number of fused-ring (bicyclic) bond motifs is 1. The number of hydrogen-bond acceptors (Lipinski definition) is 8. The highest BCUT2D eigenvalue weighted by Crippen LogP contribution is 2.29. The van der Waals surface area contributed by atoms with E-state index >= 15 is 0 Å². The molecule has 10 nitrogen and oxygen atoms in total. The highest BCUT2D eigenvalue weighted by atomic mass is 32.1. The average Bonchev–Trinajstić information content (AvgIpc) is 3.34. The Bertz CT molecular complexity index is 1500. The Hall–Kier alpha value is -4.03. The van der Waals surface area contributed by atoms with Crippen LogP contribution in [0, 0.1) is 5.82 Å². The van der Waals surface area contributed by atoms with Crippen LogP contribution >= 0.6 is 11.3 Å². The zero-order chi connectivity index (χ0) is 25.9. The van der Waals surface area contributed by atoms with Gasteiger partial charge < -0.3 is 19.7 Å². The van der Waals surface area contributed by atoms with Crippen molar-refractivity contribution in [3.8, 4) is 22.1 Å². The summed E-state index contributed by atoms with van der Waals surface area (Å²) in [6.07, 6.45) is 0. The first kappa shape index (κ1) is 24.7. The molecule has 4 aromatic rings. The van der Waals surface area contributed by atoms with E-state index in [9.17, 15) is 14.0 Å². The summed E-state index contributed by atoms with van der Waals surface area (Å²) in [7, 11) is 3.11. The predicted octanol–water partition coefficient (Wildman–Crippen LogP) is 3.32. The zero-order valence-electron chi connectivity index (χ0n) is 20.3. The molecular formula is C25H25FN6O4S. The largest absolute Gasteiger partial charge is 0.497 e. The Morgan fingerprint density at radius 1 is 1.08 bits per heavy atom. The Labute approximate surface area is 215 Å². The molecule has 1 N–H and O–H groups in total. The molecule has 1 fully saturated rings. The van der Waals surface area contributed by atoms with Gasteiger partial charge in [-0.25, -0.2) is 14.2 Å². The molecule has 0 saturated carbocycles. The maximum absolute atomic E-state index is 13.6. The third kappa shape index (κ3) is 5.39. The fourth-order valence-corrected chi connectivity index (χ4v) is 5.04. The number of nitrogens with zero attached hydrogens (tertiary/aromatic N) is 5. The second-order valence-corrected chi connectivity index (χ2v) is 9.41. The van der Waals surface area contributed by atoms with Crippen LogP contribution < -0.4 is 20.3 Å². The monoisotopic (exact) mass is 524 g/mol. The molecule has 192 valence electrons. The SMILES string of the molecule is COc1ccc(OC)c(NC(=O)N2CCN(Cc3cc(=O)n4nc(-c5cccc(F)c5)sc4n3)CC2)c1. The molecule has 1 aliphatic heterocycles. The summed E-state index contributed by atoms with van der Waals surface area (Å²) in [6.45, 7) is 2.76. The Balaban J connectivity index is 1.23. The van der Waals surface area contributed by atoms with Crippen molar-refractivity contribution in [3.63, 3.8) is 0 Å². The molecule has 0 unspecified atom stereocenters. The van der Waals surface area contributed by atoms with Gasteiger partial charge in [-0.15, -0.1) is 0 Å². The highest BCUT2D eigenvalue weighted by molar-refractivity contribution is 7.19. The number of carbonyl (C=O) groups is 1. The van der Waals surface area contributed by atoms with Gasteiger partial charge in [0.2, 0.25) is 4.96 Å². The third-order valence-corrected chi connectivity index (χ3v) is 7.02. The van der Waals surface area contributed by atoms with Crippen molar-refractivity contribution in [1.29, 1.82) is 0 Å². The first-order chi connectivity index (χ1) is 17.9. The maximum Gasteiger partial charge on any atom is 0.322 e. The summed E-state index contributed by atoms with van der Waals surface area (Å²) < 4.78 is 25.4. The van der Waals surface area contributed by atoms with Crippen LogP contribution in [0.4, 0.5) is 14.9 Å². The number of rotatable bonds is 6. The molecule has 3 heterocycles. The molecule has 1 saturated heterocycles. The van der Waals surface area contributed by atoms with Gasteiger partial charge in [0, 0.05) is 50.4 Å². The second-order valence-electron chi connectivity index (χ2n) is 8.46. The third-order valence-electron chi connectivity index (χ3n) is 6.06. The van der Waals surface area contributed by atoms with E-state index in [0.29, 0.717) is 71.1 Å². The number of carbonyl (C=O) groups excluding carboxylic acids is 1. The summed E-state index contributed by atoms with van der Waals surface area (Å²) in [4.78, 5) is 34.4. The molecule has 2 amide bonds. The molecule has 0 spiro atoms. The summed E-state index contributed by atoms with van der Waals surface area (Å²) >= 11 is 1.24. The van der Waals surface area contributed by atoms with Crippen LogP contribution in [0.2, 0.25) is 0 Å². The minimum Gasteiger partial charge on any atom is -0.497 e. The number of piperazine rings is 1. The molecule has 0 atom stereocenters. The van der Waals surface area contributed by atoms with Crippen LogP contribution in [0.1, 0.15) is 5.69 Å². The Kier molecular flexibility index (Phi) is 7.01. The molecule has 0 radical (unpaired) electrons. The fourth-order valence-electron chi connectivity index (χ4n) is 4.12. The zero-order valence-corrected chi connectivity index (χ0v) is 21.1. The molecular weight excluding hydrogens is 499 g/mol. The summed E-state index contributed by atoms with van der Waals surface area (Å²) in [6, 6.07) is 12.5. The highest BCUT2D eigenvalue weighted by Gasteiger charge is 2.23. The molecule has 2 aromatic heterocycles. The topological polar surface area (TPSA) is 101 Å². The summed E-state index contributed by atoms with van der Waals surface area (Å²) in [5, 5.41) is 7.73. The number of nitrogens with one attached hydrogen (secondary N) is 1. The summed E-state index contributed by atoms with van der Waals surface area (Å²) in [5.41, 5.74) is 1.47. The lowest BCUT2D eigenvalue weighted by molar-refractivity contribution is 0.142. The molecule has 37 heavy (non-hydrogen) atoms. The Morgan fingerprint density at radius 3 is 2.62 bits per heavy atom. The number of hydrogen-bond donors (Lipinski definition) is 1. The van der Waals surface area contributed by atoms with Gasteiger partial charge in [-0.2, -0.15) is 9.61 Å². The number of amides is 2. The number of halogens is 1. The van der Waals surface area contributed by atoms with Gasteiger partial charge in [0.25, 0.3) is 5.56 Å². The van der Waals surface area contributed by atoms with Crippen molar-refractivity contribution >= 4 is 28.0 Å². The first-order valence-corrected chi connectivity index (χ1v) is 12.4. The van der Waals surface area contributed by atoms with Gasteiger partial charge in [0.1, 0.15) is 22.3 Å². The van der Waals surface area contributed by atoms with Gasteiger partial charge >= 0.3 is 6.03 Å². The number of benzene rings is 2. The second kappa shape index (κ2) is 10.5. The van der Waals surface area contributed by atoms with Crippen LogP contribution in [0.25, 0.3) is 15.5 Å². The van der Waals surface area contributed by atoms with Crippen LogP contribution in [-0.2, 0) is 6.54 Å². The van der Waals surface area contributed by atoms with Gasteiger partial charge in [0.15, 0.2) is 0 Å². The lowest BCUT2D eigenvalue weighted by atomic mass is 10.2. The number of urea groups is 1. The van der Waals surface area contributed by atoms with Gasteiger partial charge in [-0.1, -0.05) is 23.5 Å². The molecule has 2 aromatic carbocycles. The maximum atomic E-state index is 13.6. The molecule has 0 bridgehead atoms. The van der Waals surface area contributed by atoms with E-state index in [1.54, 1.807) is 49.5 Å². The van der Waals surface area contributed by atoms with Crippen molar-refractivity contribution < 1.29 is 18.7 Å². The quantitative estimate of drug-likeness (QED) is 0.413. The average molecular weight is 525 g/mol. The van der Waals surface area contributed by atoms with Gasteiger partial charge in [-0.3, -0.25) is 9.69 Å². The number of anilines is 1. The fraction of sp³-hybridized carbons (Fsp3) is 0.280. The van der Waals surface area contributed by atoms with E-state index in [4.69, 9.17) is 9.47 Å². The van der Waals surface area contributed by atoms with E-state index in [1.165, 1.54) is 34.1 Å². The summed E-state index contributed by atoms with van der Waals surface area (Å²) in [5.74, 6) is 0.794. The van der Waals surface area contributed by atoms with Crippen molar-refractivity contribution in [2.24, 2.45) is 0 Å². The van der Waals surface area contributed by atoms with Crippen molar-refractivity contribution in [1.82, 2.24) is 24.4 Å². The number of aromatic nitrogens is 3. The van der Waals surface area contributed by atoms with E-state index in [-0.39, 0.29) is 17.4 Å². The minimum absolute atomic E-state index is 0.224. The van der Waals surface area contributed by atoms with Crippen LogP contribution in [0.3, 0.4) is 0 Å². The van der Waals surface area contributed by atoms with E-state index in [2.05, 4.69) is 20.3 Å². The number of methoxy groups -OCH3 is 2. The molecule has 5 rings (SSSR count). The predicted molar refractivity (Wildman–Crippen MR) is 138 cm³/mol. The first-order valence-electron chi connectivity index (χ1n) is 11.6.